The zero-order valence-corrected chi connectivity index (χ0v) is 23.1. The van der Waals surface area contributed by atoms with Gasteiger partial charge in [0.15, 0.2) is 11.9 Å². The number of guanidine groups is 2. The highest BCUT2D eigenvalue weighted by Gasteiger charge is 2.31. The van der Waals surface area contributed by atoms with Crippen LogP contribution in [0.3, 0.4) is 0 Å². The van der Waals surface area contributed by atoms with E-state index in [-0.39, 0.29) is 50.7 Å². The van der Waals surface area contributed by atoms with Gasteiger partial charge in [-0.3, -0.25) is 29.2 Å². The molecule has 1 aromatic carbocycles. The topological polar surface area (TPSA) is 317 Å². The molecule has 0 bridgehead atoms. The van der Waals surface area contributed by atoms with E-state index in [1.165, 1.54) is 0 Å². The number of carbonyl (C=O) groups is 5. The van der Waals surface area contributed by atoms with Crippen LogP contribution in [0.25, 0.3) is 0 Å². The number of amides is 3. The second-order valence-electron chi connectivity index (χ2n) is 9.31. The first-order valence-electron chi connectivity index (χ1n) is 13.1. The predicted molar refractivity (Wildman–Crippen MR) is 154 cm³/mol. The number of benzene rings is 1. The van der Waals surface area contributed by atoms with E-state index in [4.69, 9.17) is 28.7 Å². The van der Waals surface area contributed by atoms with E-state index in [1.54, 1.807) is 30.3 Å². The molecule has 0 saturated carbocycles. The van der Waals surface area contributed by atoms with Crippen molar-refractivity contribution in [1.82, 2.24) is 16.0 Å². The lowest BCUT2D eigenvalue weighted by atomic mass is 10.0. The van der Waals surface area contributed by atoms with Gasteiger partial charge in [-0.15, -0.1) is 0 Å². The monoisotopic (exact) mass is 592 g/mol. The summed E-state index contributed by atoms with van der Waals surface area (Å²) in [5, 5.41) is 26.1. The molecule has 17 heteroatoms. The molecule has 0 radical (unpaired) electrons. The average molecular weight is 593 g/mol. The van der Waals surface area contributed by atoms with Gasteiger partial charge in [-0.1, -0.05) is 30.3 Å². The van der Waals surface area contributed by atoms with Gasteiger partial charge in [-0.05, 0) is 31.2 Å². The van der Waals surface area contributed by atoms with Crippen LogP contribution in [0, 0.1) is 0 Å². The molecule has 3 amide bonds. The van der Waals surface area contributed by atoms with Crippen LogP contribution < -0.4 is 44.6 Å². The third kappa shape index (κ3) is 14.5. The number of hydrogen-bond acceptors (Lipinski definition) is 8. The number of aliphatic carboxylic acids is 2. The fraction of sp³-hybridized carbons (Fsp3) is 0.480. The fourth-order valence-corrected chi connectivity index (χ4v) is 3.68. The van der Waals surface area contributed by atoms with Crippen molar-refractivity contribution in [2.45, 2.75) is 62.7 Å². The Labute approximate surface area is 242 Å². The molecule has 15 N–H and O–H groups in total. The smallest absolute Gasteiger partial charge is 0.326 e. The Bertz CT molecular complexity index is 1120. The number of hydrogen-bond donors (Lipinski definition) is 10. The fourth-order valence-electron chi connectivity index (χ4n) is 3.68. The molecular formula is C25H40N10O7. The van der Waals surface area contributed by atoms with Crippen LogP contribution in [0.2, 0.25) is 0 Å². The number of aliphatic imine (C=N–C) groups is 2. The predicted octanol–water partition coefficient (Wildman–Crippen LogP) is -3.32. The summed E-state index contributed by atoms with van der Waals surface area (Å²) in [7, 11) is 0. The molecule has 0 aromatic heterocycles. The highest BCUT2D eigenvalue weighted by molar-refractivity contribution is 5.95. The molecule has 0 aliphatic carbocycles. The van der Waals surface area contributed by atoms with Crippen molar-refractivity contribution in [3.8, 4) is 0 Å². The summed E-state index contributed by atoms with van der Waals surface area (Å²) in [6.45, 7) is 0.351. The van der Waals surface area contributed by atoms with Crippen LogP contribution in [-0.4, -0.2) is 89.0 Å². The summed E-state index contributed by atoms with van der Waals surface area (Å²) in [6.07, 6.45) is -0.148. The molecule has 0 spiro atoms. The number of carbonyl (C=O) groups excluding carboxylic acids is 3. The quantitative estimate of drug-likeness (QED) is 0.0428. The largest absolute Gasteiger partial charge is 0.481 e. The first-order chi connectivity index (χ1) is 19.8. The number of carboxylic acids is 2. The second kappa shape index (κ2) is 18.4. The summed E-state index contributed by atoms with van der Waals surface area (Å²) in [5.41, 5.74) is 27.5. The van der Waals surface area contributed by atoms with E-state index in [2.05, 4.69) is 25.9 Å². The maximum Gasteiger partial charge on any atom is 0.326 e. The Morgan fingerprint density at radius 2 is 1.21 bits per heavy atom. The second-order valence-corrected chi connectivity index (χ2v) is 9.31. The van der Waals surface area contributed by atoms with E-state index in [0.717, 1.165) is 0 Å². The maximum absolute atomic E-state index is 13.2. The molecule has 4 atom stereocenters. The maximum atomic E-state index is 13.2. The van der Waals surface area contributed by atoms with Crippen molar-refractivity contribution >= 4 is 41.6 Å². The minimum absolute atomic E-state index is 0.0113. The van der Waals surface area contributed by atoms with Crippen LogP contribution in [-0.2, 0) is 30.4 Å². The van der Waals surface area contributed by atoms with Gasteiger partial charge >= 0.3 is 11.9 Å². The molecule has 0 aliphatic heterocycles. The number of nitrogens with two attached hydrogens (primary N) is 5. The van der Waals surface area contributed by atoms with Gasteiger partial charge < -0.3 is 54.8 Å². The van der Waals surface area contributed by atoms with Crippen LogP contribution in [0.15, 0.2) is 40.3 Å². The molecule has 1 rings (SSSR count). The molecule has 1 aromatic rings. The van der Waals surface area contributed by atoms with Gasteiger partial charge in [0, 0.05) is 19.5 Å². The Kier molecular flexibility index (Phi) is 15.4. The van der Waals surface area contributed by atoms with Crippen molar-refractivity contribution in [3.05, 3.63) is 35.9 Å². The third-order valence-electron chi connectivity index (χ3n) is 5.79. The van der Waals surface area contributed by atoms with Crippen LogP contribution in [0.1, 0.15) is 37.7 Å². The Hall–Kier alpha value is -4.93. The first kappa shape index (κ1) is 35.1. The minimum Gasteiger partial charge on any atom is -0.481 e. The standard InChI is InChI=1S/C25H40N10O7/c26-15(8-4-10-31-24(27)28)20(38)34-18(13-19(36)37)22(40)35-17(12-14-6-2-1-3-7-14)21(39)33-16(23(41)42)9-5-11-32-25(29)30/h1-3,6-7,15-18H,4-5,8-13,26H2,(H,33,39)(H,34,38)(H,35,40)(H,36,37)(H,41,42)(H4,27,28,31)(H4,29,30,32). The zero-order valence-electron chi connectivity index (χ0n) is 23.1. The van der Waals surface area contributed by atoms with E-state index < -0.39 is 60.2 Å². The van der Waals surface area contributed by atoms with Crippen molar-refractivity contribution < 1.29 is 34.2 Å². The van der Waals surface area contributed by atoms with Gasteiger partial charge in [-0.2, -0.15) is 0 Å². The molecule has 0 fully saturated rings. The summed E-state index contributed by atoms with van der Waals surface area (Å²) in [6, 6.07) is 3.21. The average Bonchev–Trinajstić information content (AvgIpc) is 2.91. The lowest BCUT2D eigenvalue weighted by Gasteiger charge is -2.25. The van der Waals surface area contributed by atoms with E-state index in [0.29, 0.717) is 12.0 Å². The van der Waals surface area contributed by atoms with Gasteiger partial charge in [0.05, 0.1) is 12.5 Å². The molecule has 232 valence electrons. The highest BCUT2D eigenvalue weighted by Crippen LogP contribution is 2.07. The Morgan fingerprint density at radius 3 is 1.74 bits per heavy atom. The van der Waals surface area contributed by atoms with E-state index >= 15 is 0 Å². The number of nitrogens with one attached hydrogen (secondary N) is 3. The van der Waals surface area contributed by atoms with Crippen LogP contribution in [0.5, 0.6) is 0 Å². The van der Waals surface area contributed by atoms with Crippen molar-refractivity contribution in [1.29, 1.82) is 0 Å². The van der Waals surface area contributed by atoms with E-state index in [9.17, 15) is 34.2 Å². The molecule has 0 saturated heterocycles. The molecule has 4 unspecified atom stereocenters. The first-order valence-corrected chi connectivity index (χ1v) is 13.1. The summed E-state index contributed by atoms with van der Waals surface area (Å²) in [4.78, 5) is 69.8. The minimum atomic E-state index is -1.58. The lowest BCUT2D eigenvalue weighted by Crippen LogP contribution is -2.58. The SMILES string of the molecule is NC(N)=NCCCC(N)C(=O)NC(CC(=O)O)C(=O)NC(Cc1ccccc1)C(=O)NC(CCCN=C(N)N)C(=O)O. The van der Waals surface area contributed by atoms with Gasteiger partial charge in [0.2, 0.25) is 17.7 Å². The van der Waals surface area contributed by atoms with Gasteiger partial charge in [0.1, 0.15) is 18.1 Å². The Balaban J connectivity index is 3.05. The highest BCUT2D eigenvalue weighted by atomic mass is 16.4. The molecule has 42 heavy (non-hydrogen) atoms. The van der Waals surface area contributed by atoms with Crippen molar-refractivity contribution in [3.63, 3.8) is 0 Å². The summed E-state index contributed by atoms with van der Waals surface area (Å²) < 4.78 is 0. The summed E-state index contributed by atoms with van der Waals surface area (Å²) in [5.74, 6) is -5.60. The summed E-state index contributed by atoms with van der Waals surface area (Å²) >= 11 is 0. The molecule has 0 aliphatic rings. The molecule has 17 nitrogen and oxygen atoms in total. The number of carboxylic acid groups (broad SMARTS) is 2. The Morgan fingerprint density at radius 1 is 0.714 bits per heavy atom. The molecule has 0 heterocycles. The number of nitrogens with zero attached hydrogens (tertiary/aromatic N) is 2. The van der Waals surface area contributed by atoms with Crippen molar-refractivity contribution in [2.75, 3.05) is 13.1 Å². The molecular weight excluding hydrogens is 552 g/mol. The van der Waals surface area contributed by atoms with Crippen molar-refractivity contribution in [2.24, 2.45) is 38.7 Å². The normalized spacial score (nSPS) is 13.4. The van der Waals surface area contributed by atoms with Crippen LogP contribution >= 0.6 is 0 Å². The zero-order chi connectivity index (χ0) is 31.7. The van der Waals surface area contributed by atoms with Crippen LogP contribution in [0.4, 0.5) is 0 Å². The third-order valence-corrected chi connectivity index (χ3v) is 5.79. The van der Waals surface area contributed by atoms with Gasteiger partial charge in [-0.25, -0.2) is 4.79 Å². The number of rotatable bonds is 19. The lowest BCUT2D eigenvalue weighted by molar-refractivity contribution is -0.143. The van der Waals surface area contributed by atoms with Gasteiger partial charge in [0.25, 0.3) is 0 Å². The van der Waals surface area contributed by atoms with E-state index in [1.807, 2.05) is 0 Å².